The van der Waals surface area contributed by atoms with Gasteiger partial charge >= 0.3 is 0 Å². The first-order valence-corrected chi connectivity index (χ1v) is 5.90. The van der Waals surface area contributed by atoms with Crippen LogP contribution in [0.4, 0.5) is 0 Å². The maximum atomic E-state index is 11.9. The van der Waals surface area contributed by atoms with E-state index in [1.807, 2.05) is 6.92 Å². The summed E-state index contributed by atoms with van der Waals surface area (Å²) in [6.07, 6.45) is 3.21. The van der Waals surface area contributed by atoms with Gasteiger partial charge in [0, 0.05) is 19.2 Å². The fraction of sp³-hybridized carbons (Fsp3) is 0.909. The second-order valence-corrected chi connectivity index (χ2v) is 4.52. The molecule has 2 N–H and O–H groups in total. The third kappa shape index (κ3) is 2.69. The van der Waals surface area contributed by atoms with Gasteiger partial charge in [-0.2, -0.15) is 0 Å². The fourth-order valence-corrected chi connectivity index (χ4v) is 2.36. The highest BCUT2D eigenvalue weighted by Crippen LogP contribution is 2.20. The molecule has 0 aliphatic carbocycles. The largest absolute Gasteiger partial charge is 0.378 e. The van der Waals surface area contributed by atoms with E-state index < -0.39 is 0 Å². The van der Waals surface area contributed by atoms with Crippen LogP contribution in [0.2, 0.25) is 0 Å². The summed E-state index contributed by atoms with van der Waals surface area (Å²) in [5.74, 6) is 0.237. The van der Waals surface area contributed by atoms with Crippen LogP contribution in [-0.2, 0) is 9.53 Å². The van der Waals surface area contributed by atoms with E-state index in [2.05, 4.69) is 10.6 Å². The minimum Gasteiger partial charge on any atom is -0.378 e. The van der Waals surface area contributed by atoms with Gasteiger partial charge in [-0.15, -0.1) is 0 Å². The molecular formula is C11H20N2O2. The van der Waals surface area contributed by atoms with Crippen molar-refractivity contribution >= 4 is 5.91 Å². The molecule has 4 nitrogen and oxygen atoms in total. The molecule has 2 aliphatic heterocycles. The molecule has 2 rings (SSSR count). The standard InChI is InChI=1S/C11H20N2O2/c1-8-10(4-6-15-8)11(14)13-9-3-2-5-12-7-9/h8-10,12H,2-7H2,1H3,(H,13,14)/t8?,9-,10?/m0/s1. The lowest BCUT2D eigenvalue weighted by atomic mass is 10.00. The van der Waals surface area contributed by atoms with Crippen molar-refractivity contribution in [1.82, 2.24) is 10.6 Å². The van der Waals surface area contributed by atoms with E-state index in [-0.39, 0.29) is 17.9 Å². The molecule has 0 bridgehead atoms. The summed E-state index contributed by atoms with van der Waals surface area (Å²) in [6.45, 7) is 4.70. The van der Waals surface area contributed by atoms with E-state index in [4.69, 9.17) is 4.74 Å². The SMILES string of the molecule is CC1OCCC1C(=O)N[C@H]1CCCNC1. The third-order valence-electron chi connectivity index (χ3n) is 3.36. The molecule has 3 atom stereocenters. The fourth-order valence-electron chi connectivity index (χ4n) is 2.36. The smallest absolute Gasteiger partial charge is 0.226 e. The quantitative estimate of drug-likeness (QED) is 0.691. The lowest BCUT2D eigenvalue weighted by molar-refractivity contribution is -0.127. The first kappa shape index (κ1) is 10.9. The molecule has 2 fully saturated rings. The Labute approximate surface area is 90.8 Å². The van der Waals surface area contributed by atoms with Crippen LogP contribution in [0.1, 0.15) is 26.2 Å². The number of carbonyl (C=O) groups excluding carboxylic acids is 1. The Kier molecular flexibility index (Phi) is 3.59. The van der Waals surface area contributed by atoms with Gasteiger partial charge in [-0.1, -0.05) is 0 Å². The van der Waals surface area contributed by atoms with E-state index in [0.717, 1.165) is 39.0 Å². The van der Waals surface area contributed by atoms with Crippen LogP contribution in [0.3, 0.4) is 0 Å². The van der Waals surface area contributed by atoms with Crippen LogP contribution in [-0.4, -0.2) is 37.7 Å². The number of hydrogen-bond acceptors (Lipinski definition) is 3. The second-order valence-electron chi connectivity index (χ2n) is 4.52. The Morgan fingerprint density at radius 3 is 2.93 bits per heavy atom. The molecule has 15 heavy (non-hydrogen) atoms. The Bertz CT molecular complexity index is 227. The number of carbonyl (C=O) groups is 1. The molecule has 2 unspecified atom stereocenters. The summed E-state index contributed by atoms with van der Waals surface area (Å²) < 4.78 is 5.40. The Morgan fingerprint density at radius 1 is 1.47 bits per heavy atom. The molecule has 0 aromatic rings. The van der Waals surface area contributed by atoms with Crippen molar-refractivity contribution in [3.63, 3.8) is 0 Å². The lowest BCUT2D eigenvalue weighted by Crippen LogP contribution is -2.48. The normalized spacial score (nSPS) is 36.5. The van der Waals surface area contributed by atoms with Gasteiger partial charge < -0.3 is 15.4 Å². The third-order valence-corrected chi connectivity index (χ3v) is 3.36. The minimum atomic E-state index is 0.0620. The molecule has 86 valence electrons. The zero-order chi connectivity index (χ0) is 10.7. The number of ether oxygens (including phenoxy) is 1. The van der Waals surface area contributed by atoms with E-state index in [9.17, 15) is 4.79 Å². The molecule has 4 heteroatoms. The number of nitrogens with one attached hydrogen (secondary N) is 2. The molecule has 2 aliphatic rings. The first-order chi connectivity index (χ1) is 7.27. The maximum Gasteiger partial charge on any atom is 0.226 e. The minimum absolute atomic E-state index is 0.0620. The molecule has 0 aromatic heterocycles. The summed E-state index contributed by atoms with van der Waals surface area (Å²) in [6, 6.07) is 0.319. The number of piperidine rings is 1. The monoisotopic (exact) mass is 212 g/mol. The van der Waals surface area contributed by atoms with Crippen LogP contribution in [0.25, 0.3) is 0 Å². The lowest BCUT2D eigenvalue weighted by Gasteiger charge is -2.25. The van der Waals surface area contributed by atoms with Gasteiger partial charge in [-0.25, -0.2) is 0 Å². The second kappa shape index (κ2) is 4.94. The van der Waals surface area contributed by atoms with Crippen LogP contribution in [0.5, 0.6) is 0 Å². The molecule has 2 saturated heterocycles. The van der Waals surface area contributed by atoms with E-state index in [0.29, 0.717) is 6.04 Å². The predicted octanol–water partition coefficient (Wildman–Crippen LogP) is 0.280. The Morgan fingerprint density at radius 2 is 2.33 bits per heavy atom. The Hall–Kier alpha value is -0.610. The van der Waals surface area contributed by atoms with Gasteiger partial charge in [0.1, 0.15) is 0 Å². The van der Waals surface area contributed by atoms with Gasteiger partial charge in [0.25, 0.3) is 0 Å². The average molecular weight is 212 g/mol. The van der Waals surface area contributed by atoms with Crippen LogP contribution < -0.4 is 10.6 Å². The molecule has 0 spiro atoms. The average Bonchev–Trinajstić information content (AvgIpc) is 2.66. The van der Waals surface area contributed by atoms with Crippen molar-refractivity contribution in [3.8, 4) is 0 Å². The molecule has 0 saturated carbocycles. The van der Waals surface area contributed by atoms with Gasteiger partial charge in [0.05, 0.1) is 12.0 Å². The molecule has 0 aromatic carbocycles. The summed E-state index contributed by atoms with van der Waals surface area (Å²) in [5.41, 5.74) is 0. The van der Waals surface area contributed by atoms with Gasteiger partial charge in [-0.05, 0) is 32.7 Å². The van der Waals surface area contributed by atoms with E-state index in [1.165, 1.54) is 0 Å². The summed E-state index contributed by atoms with van der Waals surface area (Å²) in [7, 11) is 0. The van der Waals surface area contributed by atoms with Gasteiger partial charge in [0.15, 0.2) is 0 Å². The van der Waals surface area contributed by atoms with E-state index in [1.54, 1.807) is 0 Å². The zero-order valence-electron chi connectivity index (χ0n) is 9.29. The zero-order valence-corrected chi connectivity index (χ0v) is 9.29. The molecular weight excluding hydrogens is 192 g/mol. The van der Waals surface area contributed by atoms with Crippen molar-refractivity contribution in [3.05, 3.63) is 0 Å². The van der Waals surface area contributed by atoms with Crippen molar-refractivity contribution in [2.75, 3.05) is 19.7 Å². The Balaban J connectivity index is 1.80. The van der Waals surface area contributed by atoms with Crippen LogP contribution in [0, 0.1) is 5.92 Å². The number of rotatable bonds is 2. The van der Waals surface area contributed by atoms with Crippen LogP contribution >= 0.6 is 0 Å². The van der Waals surface area contributed by atoms with Crippen molar-refractivity contribution < 1.29 is 9.53 Å². The van der Waals surface area contributed by atoms with Crippen molar-refractivity contribution in [2.45, 2.75) is 38.3 Å². The summed E-state index contributed by atoms with van der Waals surface area (Å²) in [5, 5.41) is 6.41. The number of hydrogen-bond donors (Lipinski definition) is 2. The highest BCUT2D eigenvalue weighted by Gasteiger charge is 2.31. The van der Waals surface area contributed by atoms with Gasteiger partial charge in [-0.3, -0.25) is 4.79 Å². The van der Waals surface area contributed by atoms with Gasteiger partial charge in [0.2, 0.25) is 5.91 Å². The molecule has 2 heterocycles. The highest BCUT2D eigenvalue weighted by atomic mass is 16.5. The summed E-state index contributed by atoms with van der Waals surface area (Å²) >= 11 is 0. The topological polar surface area (TPSA) is 50.4 Å². The number of amides is 1. The summed E-state index contributed by atoms with van der Waals surface area (Å²) in [4.78, 5) is 11.9. The van der Waals surface area contributed by atoms with E-state index >= 15 is 0 Å². The predicted molar refractivity (Wildman–Crippen MR) is 57.6 cm³/mol. The maximum absolute atomic E-state index is 11.9. The highest BCUT2D eigenvalue weighted by molar-refractivity contribution is 5.79. The van der Waals surface area contributed by atoms with Crippen molar-refractivity contribution in [1.29, 1.82) is 0 Å². The molecule has 1 amide bonds. The van der Waals surface area contributed by atoms with Crippen molar-refractivity contribution in [2.24, 2.45) is 5.92 Å². The van der Waals surface area contributed by atoms with Crippen LogP contribution in [0.15, 0.2) is 0 Å². The molecule has 0 radical (unpaired) electrons. The first-order valence-electron chi connectivity index (χ1n) is 5.90.